The summed E-state index contributed by atoms with van der Waals surface area (Å²) >= 11 is 0. The van der Waals surface area contributed by atoms with Crippen LogP contribution in [0.2, 0.25) is 0 Å². The van der Waals surface area contributed by atoms with Gasteiger partial charge in [-0.15, -0.1) is 0 Å². The Bertz CT molecular complexity index is 1110. The van der Waals surface area contributed by atoms with Crippen LogP contribution in [0.25, 0.3) is 0 Å². The van der Waals surface area contributed by atoms with Gasteiger partial charge >= 0.3 is 0 Å². The molecule has 0 heterocycles. The number of anilines is 1. The second kappa shape index (κ2) is 12.0. The van der Waals surface area contributed by atoms with Gasteiger partial charge in [0.1, 0.15) is 6.04 Å². The van der Waals surface area contributed by atoms with E-state index in [4.69, 9.17) is 0 Å². The van der Waals surface area contributed by atoms with E-state index in [0.29, 0.717) is 25.2 Å². The van der Waals surface area contributed by atoms with Crippen molar-refractivity contribution in [1.82, 2.24) is 10.2 Å². The highest BCUT2D eigenvalue weighted by molar-refractivity contribution is 7.92. The second-order valence-corrected chi connectivity index (χ2v) is 10.6. The van der Waals surface area contributed by atoms with Gasteiger partial charge in [0.15, 0.2) is 0 Å². The Labute approximate surface area is 204 Å². The molecule has 2 rings (SSSR count). The highest BCUT2D eigenvalue weighted by atomic mass is 32.2. The van der Waals surface area contributed by atoms with Crippen LogP contribution in [0.5, 0.6) is 0 Å². The van der Waals surface area contributed by atoms with Crippen LogP contribution in [-0.4, -0.2) is 50.5 Å². The van der Waals surface area contributed by atoms with E-state index < -0.39 is 16.1 Å². The van der Waals surface area contributed by atoms with Gasteiger partial charge in [-0.05, 0) is 75.4 Å². The molecule has 8 heteroatoms. The SMILES string of the molecule is CCNC(=O)[C@H](C)N(Cc1ccccc1C)C(=O)CCCN(c1ccc(C)c(C)c1)S(C)(=O)=O. The Balaban J connectivity index is 2.18. The molecule has 2 aromatic carbocycles. The van der Waals surface area contributed by atoms with Crippen LogP contribution in [-0.2, 0) is 26.2 Å². The van der Waals surface area contributed by atoms with E-state index in [0.717, 1.165) is 22.3 Å². The van der Waals surface area contributed by atoms with Gasteiger partial charge in [0.2, 0.25) is 21.8 Å². The maximum atomic E-state index is 13.3. The van der Waals surface area contributed by atoms with Gasteiger partial charge < -0.3 is 10.2 Å². The zero-order valence-electron chi connectivity index (χ0n) is 21.1. The van der Waals surface area contributed by atoms with E-state index in [9.17, 15) is 18.0 Å². The first kappa shape index (κ1) is 27.4. The molecular weight excluding hydrogens is 450 g/mol. The number of nitrogens with zero attached hydrogens (tertiary/aromatic N) is 2. The molecule has 0 spiro atoms. The van der Waals surface area contributed by atoms with Gasteiger partial charge in [0, 0.05) is 26.1 Å². The van der Waals surface area contributed by atoms with Crippen LogP contribution in [0.15, 0.2) is 42.5 Å². The molecule has 34 heavy (non-hydrogen) atoms. The number of hydrogen-bond donors (Lipinski definition) is 1. The van der Waals surface area contributed by atoms with E-state index >= 15 is 0 Å². The maximum Gasteiger partial charge on any atom is 0.242 e. The number of amides is 2. The Morgan fingerprint density at radius 2 is 1.68 bits per heavy atom. The van der Waals surface area contributed by atoms with Gasteiger partial charge in [-0.1, -0.05) is 30.3 Å². The molecule has 7 nitrogen and oxygen atoms in total. The van der Waals surface area contributed by atoms with Crippen LogP contribution < -0.4 is 9.62 Å². The fourth-order valence-electron chi connectivity index (χ4n) is 3.76. The molecule has 1 atom stereocenters. The van der Waals surface area contributed by atoms with Crippen molar-refractivity contribution in [2.75, 3.05) is 23.7 Å². The summed E-state index contributed by atoms with van der Waals surface area (Å²) in [4.78, 5) is 27.4. The number of carbonyl (C=O) groups is 2. The van der Waals surface area contributed by atoms with Crippen molar-refractivity contribution in [3.8, 4) is 0 Å². The summed E-state index contributed by atoms with van der Waals surface area (Å²) in [5.41, 5.74) is 4.69. The zero-order chi connectivity index (χ0) is 25.5. The predicted molar refractivity (Wildman–Crippen MR) is 137 cm³/mol. The lowest BCUT2D eigenvalue weighted by molar-refractivity contribution is -0.140. The molecule has 0 saturated heterocycles. The molecule has 186 valence electrons. The number of aryl methyl sites for hydroxylation is 3. The number of carbonyl (C=O) groups excluding carboxylic acids is 2. The molecule has 0 unspecified atom stereocenters. The summed E-state index contributed by atoms with van der Waals surface area (Å²) in [7, 11) is -3.51. The van der Waals surface area contributed by atoms with Crippen molar-refractivity contribution in [2.45, 2.75) is 60.0 Å². The minimum Gasteiger partial charge on any atom is -0.355 e. The molecule has 0 bridgehead atoms. The number of hydrogen-bond acceptors (Lipinski definition) is 4. The lowest BCUT2D eigenvalue weighted by Crippen LogP contribution is -2.47. The number of likely N-dealkylation sites (N-methyl/N-ethyl adjacent to an activating group) is 1. The predicted octanol–water partition coefficient (Wildman–Crippen LogP) is 3.71. The summed E-state index contributed by atoms with van der Waals surface area (Å²) < 4.78 is 26.3. The van der Waals surface area contributed by atoms with Gasteiger partial charge in [0.05, 0.1) is 11.9 Å². The van der Waals surface area contributed by atoms with Crippen LogP contribution in [0.1, 0.15) is 48.9 Å². The lowest BCUT2D eigenvalue weighted by atomic mass is 10.1. The fraction of sp³-hybridized carbons (Fsp3) is 0.462. The smallest absolute Gasteiger partial charge is 0.242 e. The van der Waals surface area contributed by atoms with Crippen molar-refractivity contribution in [3.05, 3.63) is 64.7 Å². The van der Waals surface area contributed by atoms with Crippen molar-refractivity contribution in [3.63, 3.8) is 0 Å². The Kier molecular flexibility index (Phi) is 9.67. The lowest BCUT2D eigenvalue weighted by Gasteiger charge is -2.30. The summed E-state index contributed by atoms with van der Waals surface area (Å²) in [6.45, 7) is 10.4. The minimum absolute atomic E-state index is 0.131. The maximum absolute atomic E-state index is 13.3. The van der Waals surface area contributed by atoms with E-state index in [1.807, 2.05) is 64.1 Å². The molecule has 0 aliphatic carbocycles. The van der Waals surface area contributed by atoms with E-state index in [2.05, 4.69) is 5.32 Å². The van der Waals surface area contributed by atoms with Gasteiger partial charge in [-0.3, -0.25) is 13.9 Å². The standard InChI is InChI=1S/C26H37N3O4S/c1-7-27-26(31)22(5)28(18-23-12-9-8-11-20(23)3)25(30)13-10-16-29(34(6,32)33)24-15-14-19(2)21(4)17-24/h8-9,11-12,14-15,17,22H,7,10,13,16,18H2,1-6H3,(H,27,31)/t22-/m0/s1. The zero-order valence-corrected chi connectivity index (χ0v) is 21.9. The van der Waals surface area contributed by atoms with Crippen LogP contribution >= 0.6 is 0 Å². The Morgan fingerprint density at radius 1 is 1.00 bits per heavy atom. The Morgan fingerprint density at radius 3 is 2.26 bits per heavy atom. The second-order valence-electron chi connectivity index (χ2n) is 8.73. The molecular formula is C26H37N3O4S. The normalized spacial score (nSPS) is 12.2. The molecule has 2 aromatic rings. The number of sulfonamides is 1. The van der Waals surface area contributed by atoms with Gasteiger partial charge in [-0.25, -0.2) is 8.42 Å². The van der Waals surface area contributed by atoms with E-state index in [-0.39, 0.29) is 24.8 Å². The fourth-order valence-corrected chi connectivity index (χ4v) is 4.72. The topological polar surface area (TPSA) is 86.8 Å². The monoisotopic (exact) mass is 487 g/mol. The third-order valence-electron chi connectivity index (χ3n) is 6.05. The summed E-state index contributed by atoms with van der Waals surface area (Å²) in [6.07, 6.45) is 1.64. The number of benzene rings is 2. The first-order valence-electron chi connectivity index (χ1n) is 11.6. The van der Waals surface area contributed by atoms with Crippen molar-refractivity contribution in [2.24, 2.45) is 0 Å². The number of rotatable bonds is 11. The van der Waals surface area contributed by atoms with Crippen LogP contribution in [0, 0.1) is 20.8 Å². The summed E-state index contributed by atoms with van der Waals surface area (Å²) in [5, 5.41) is 2.79. The van der Waals surface area contributed by atoms with Crippen molar-refractivity contribution in [1.29, 1.82) is 0 Å². The summed E-state index contributed by atoms with van der Waals surface area (Å²) in [5.74, 6) is -0.395. The first-order chi connectivity index (χ1) is 16.0. The minimum atomic E-state index is -3.51. The van der Waals surface area contributed by atoms with Crippen molar-refractivity contribution < 1.29 is 18.0 Å². The van der Waals surface area contributed by atoms with E-state index in [1.54, 1.807) is 17.9 Å². The molecule has 0 fully saturated rings. The average Bonchev–Trinajstić information content (AvgIpc) is 2.77. The first-order valence-corrected chi connectivity index (χ1v) is 13.5. The third kappa shape index (κ3) is 7.32. The largest absolute Gasteiger partial charge is 0.355 e. The molecule has 0 aliphatic heterocycles. The molecule has 0 aromatic heterocycles. The molecule has 1 N–H and O–H groups in total. The molecule has 0 saturated carbocycles. The molecule has 0 radical (unpaired) electrons. The highest BCUT2D eigenvalue weighted by Gasteiger charge is 2.26. The molecule has 2 amide bonds. The van der Waals surface area contributed by atoms with Crippen molar-refractivity contribution >= 4 is 27.5 Å². The van der Waals surface area contributed by atoms with Crippen LogP contribution in [0.4, 0.5) is 5.69 Å². The van der Waals surface area contributed by atoms with E-state index in [1.165, 1.54) is 10.6 Å². The van der Waals surface area contributed by atoms with Gasteiger partial charge in [-0.2, -0.15) is 0 Å². The molecule has 0 aliphatic rings. The highest BCUT2D eigenvalue weighted by Crippen LogP contribution is 2.22. The van der Waals surface area contributed by atoms with Gasteiger partial charge in [0.25, 0.3) is 0 Å². The quantitative estimate of drug-likeness (QED) is 0.523. The van der Waals surface area contributed by atoms with Crippen LogP contribution in [0.3, 0.4) is 0 Å². The average molecular weight is 488 g/mol. The number of nitrogens with one attached hydrogen (secondary N) is 1. The third-order valence-corrected chi connectivity index (χ3v) is 7.24. The Hall–Kier alpha value is -2.87. The summed E-state index contributed by atoms with van der Waals surface area (Å²) in [6, 6.07) is 12.7.